The maximum atomic E-state index is 2.51. The van der Waals surface area contributed by atoms with Crippen LogP contribution in [0, 0.1) is 0 Å². The predicted molar refractivity (Wildman–Crippen MR) is 118 cm³/mol. The Balaban J connectivity index is 1.67. The first-order valence-corrected chi connectivity index (χ1v) is 11.9. The lowest BCUT2D eigenvalue weighted by Crippen LogP contribution is -2.44. The highest BCUT2D eigenvalue weighted by molar-refractivity contribution is 7.19. The molecule has 2 aliphatic heterocycles. The Morgan fingerprint density at radius 2 is 1.19 bits per heavy atom. The van der Waals surface area contributed by atoms with Crippen molar-refractivity contribution in [3.05, 3.63) is 125 Å². The van der Waals surface area contributed by atoms with Crippen LogP contribution in [0.3, 0.4) is 0 Å². The molecule has 3 aromatic carbocycles. The second-order valence-corrected chi connectivity index (χ2v) is 11.3. The van der Waals surface area contributed by atoms with Gasteiger partial charge in [-0.05, 0) is 44.7 Å². The van der Waals surface area contributed by atoms with Gasteiger partial charge in [-0.15, -0.1) is 0 Å². The average molecular weight is 363 g/mol. The summed E-state index contributed by atoms with van der Waals surface area (Å²) in [4.78, 5) is 0. The zero-order valence-electron chi connectivity index (χ0n) is 15.3. The molecule has 1 spiro atoms. The van der Waals surface area contributed by atoms with Crippen molar-refractivity contribution in [1.29, 1.82) is 0 Å². The number of hydrogen-bond donors (Lipinski definition) is 0. The first-order chi connectivity index (χ1) is 13.4. The normalized spacial score (nSPS) is 22.4. The Morgan fingerprint density at radius 3 is 1.81 bits per heavy atom. The Hall–Kier alpha value is -2.90. The maximum absolute atomic E-state index is 2.51. The van der Waals surface area contributed by atoms with Crippen LogP contribution in [0.15, 0.2) is 108 Å². The highest BCUT2D eigenvalue weighted by Crippen LogP contribution is 2.55. The zero-order chi connectivity index (χ0) is 18.1. The van der Waals surface area contributed by atoms with E-state index in [1.807, 2.05) is 0 Å². The van der Waals surface area contributed by atoms with Crippen LogP contribution in [-0.4, -0.2) is 8.07 Å². The molecule has 0 radical (unpaired) electrons. The summed E-state index contributed by atoms with van der Waals surface area (Å²) in [5.41, 5.74) is 4.11. The lowest BCUT2D eigenvalue weighted by Gasteiger charge is -2.43. The molecule has 0 N–H and O–H groups in total. The van der Waals surface area contributed by atoms with Gasteiger partial charge in [0.1, 0.15) is 8.07 Å². The molecule has 0 aromatic heterocycles. The van der Waals surface area contributed by atoms with Crippen LogP contribution >= 0.6 is 0 Å². The molecule has 2 aliphatic rings. The summed E-state index contributed by atoms with van der Waals surface area (Å²) in [7, 11) is -1.85. The molecule has 3 aromatic rings. The Morgan fingerprint density at radius 1 is 0.630 bits per heavy atom. The Labute approximate surface area is 162 Å². The molecule has 2 heterocycles. The Bertz CT molecular complexity index is 1040. The van der Waals surface area contributed by atoms with E-state index < -0.39 is 8.07 Å². The van der Waals surface area contributed by atoms with E-state index in [0.717, 1.165) is 0 Å². The van der Waals surface area contributed by atoms with Crippen LogP contribution in [-0.2, 0) is 0 Å². The molecule has 130 valence electrons. The summed E-state index contributed by atoms with van der Waals surface area (Å²) in [5, 5.41) is 4.77. The van der Waals surface area contributed by atoms with Gasteiger partial charge >= 0.3 is 0 Å². The van der Waals surface area contributed by atoms with Crippen LogP contribution in [0.25, 0.3) is 16.5 Å². The second kappa shape index (κ2) is 6.68. The summed E-state index contributed by atoms with van der Waals surface area (Å²) in [6.45, 7) is 0. The van der Waals surface area contributed by atoms with E-state index >= 15 is 0 Å². The van der Waals surface area contributed by atoms with E-state index in [2.05, 4.69) is 109 Å². The molecular formula is C26H22Si. The summed E-state index contributed by atoms with van der Waals surface area (Å²) >= 11 is 0. The molecule has 1 heteroatoms. The van der Waals surface area contributed by atoms with Crippen LogP contribution in [0.1, 0.15) is 23.1 Å². The molecule has 1 atom stereocenters. The minimum Gasteiger partial charge on any atom is -0.0841 e. The zero-order valence-corrected chi connectivity index (χ0v) is 16.3. The van der Waals surface area contributed by atoms with Crippen molar-refractivity contribution in [2.45, 2.75) is 12.5 Å². The van der Waals surface area contributed by atoms with Crippen molar-refractivity contribution in [3.63, 3.8) is 0 Å². The van der Waals surface area contributed by atoms with Gasteiger partial charge in [-0.1, -0.05) is 109 Å². The van der Waals surface area contributed by atoms with E-state index in [1.165, 1.54) is 29.2 Å². The molecule has 0 saturated heterocycles. The molecular weight excluding hydrogens is 340 g/mol. The van der Waals surface area contributed by atoms with Crippen molar-refractivity contribution < 1.29 is 0 Å². The molecule has 1 unspecified atom stereocenters. The lowest BCUT2D eigenvalue weighted by molar-refractivity contribution is 1.22. The number of hydrogen-bond acceptors (Lipinski definition) is 0. The average Bonchev–Trinajstić information content (AvgIpc) is 3.21. The molecule has 0 aliphatic carbocycles. The van der Waals surface area contributed by atoms with E-state index in [-0.39, 0.29) is 0 Å². The van der Waals surface area contributed by atoms with Crippen molar-refractivity contribution >= 4 is 24.5 Å². The molecule has 5 rings (SSSR count). The van der Waals surface area contributed by atoms with Gasteiger partial charge in [0.2, 0.25) is 0 Å². The van der Waals surface area contributed by atoms with Crippen LogP contribution in [0.4, 0.5) is 0 Å². The molecule has 0 bridgehead atoms. The topological polar surface area (TPSA) is 0 Å². The number of benzene rings is 3. The maximum Gasteiger partial charge on any atom is 0.149 e. The quantitative estimate of drug-likeness (QED) is 0.454. The predicted octanol–water partition coefficient (Wildman–Crippen LogP) is 6.72. The smallest absolute Gasteiger partial charge is 0.0841 e. The van der Waals surface area contributed by atoms with Crippen molar-refractivity contribution in [2.24, 2.45) is 0 Å². The fourth-order valence-corrected chi connectivity index (χ4v) is 9.73. The summed E-state index contributed by atoms with van der Waals surface area (Å²) in [6, 6.07) is 34.1. The van der Waals surface area contributed by atoms with Crippen molar-refractivity contribution in [1.82, 2.24) is 0 Å². The van der Waals surface area contributed by atoms with Crippen LogP contribution < -0.4 is 0 Å². The fraction of sp³-hybridized carbons (Fsp3) is 0.0769. The third-order valence-electron chi connectivity index (χ3n) is 5.87. The molecule has 0 saturated carbocycles. The van der Waals surface area contributed by atoms with Gasteiger partial charge in [0.05, 0.1) is 0 Å². The lowest BCUT2D eigenvalue weighted by atomic mass is 10.1. The number of rotatable bonds is 3. The van der Waals surface area contributed by atoms with E-state index in [4.69, 9.17) is 0 Å². The van der Waals surface area contributed by atoms with Crippen LogP contribution in [0.2, 0.25) is 6.04 Å². The van der Waals surface area contributed by atoms with Gasteiger partial charge in [0.15, 0.2) is 0 Å². The second-order valence-electron chi connectivity index (χ2n) is 7.36. The first-order valence-electron chi connectivity index (χ1n) is 9.69. The Kier molecular flexibility index (Phi) is 4.03. The number of allylic oxidation sites excluding steroid dienone is 3. The van der Waals surface area contributed by atoms with Gasteiger partial charge < -0.3 is 0 Å². The van der Waals surface area contributed by atoms with Gasteiger partial charge in [-0.25, -0.2) is 0 Å². The van der Waals surface area contributed by atoms with Gasteiger partial charge in [0.25, 0.3) is 0 Å². The summed E-state index contributed by atoms with van der Waals surface area (Å²) in [6.07, 6.45) is 8.58. The third-order valence-corrected chi connectivity index (χ3v) is 10.9. The molecule has 0 fully saturated rings. The van der Waals surface area contributed by atoms with E-state index in [1.54, 1.807) is 15.6 Å². The van der Waals surface area contributed by atoms with Gasteiger partial charge in [0, 0.05) is 0 Å². The minimum absolute atomic E-state index is 1.19. The summed E-state index contributed by atoms with van der Waals surface area (Å²) in [5.74, 6) is 0. The molecule has 27 heavy (non-hydrogen) atoms. The monoisotopic (exact) mass is 362 g/mol. The van der Waals surface area contributed by atoms with Crippen molar-refractivity contribution in [2.75, 3.05) is 0 Å². The highest BCUT2D eigenvalue weighted by Gasteiger charge is 2.51. The highest BCUT2D eigenvalue weighted by atomic mass is 28.3. The largest absolute Gasteiger partial charge is 0.149 e. The van der Waals surface area contributed by atoms with Gasteiger partial charge in [-0.2, -0.15) is 0 Å². The SMILES string of the molecule is C1=C(c2ccccc2)[Si]2(CC1)C(c1ccccc1)=C/C2=C/c1ccccc1. The summed E-state index contributed by atoms with van der Waals surface area (Å²) < 4.78 is 0. The minimum atomic E-state index is -1.85. The third kappa shape index (κ3) is 2.67. The fourth-order valence-electron chi connectivity index (χ4n) is 4.62. The van der Waals surface area contributed by atoms with Crippen LogP contribution in [0.5, 0.6) is 0 Å². The first kappa shape index (κ1) is 16.3. The van der Waals surface area contributed by atoms with Gasteiger partial charge in [-0.3, -0.25) is 0 Å². The molecule has 0 nitrogen and oxygen atoms in total. The molecule has 0 amide bonds. The van der Waals surface area contributed by atoms with E-state index in [9.17, 15) is 0 Å². The standard InChI is InChI=1S/C26H22Si/c1-4-11-21(12-5-1)19-24-20-26(23-15-8-3-9-16-23)27(24)18-10-17-25(27)22-13-6-2-7-14-22/h1-9,11-17,19-20H,10,18H2/b24-19-. The van der Waals surface area contributed by atoms with E-state index in [0.29, 0.717) is 0 Å². The van der Waals surface area contributed by atoms with Crippen molar-refractivity contribution in [3.8, 4) is 0 Å².